The topological polar surface area (TPSA) is 331 Å². The van der Waals surface area contributed by atoms with Crippen molar-refractivity contribution in [1.82, 2.24) is 0 Å². The molecule has 0 aromatic carbocycles. The number of carbonyl (C=O) groups is 10. The lowest BCUT2D eigenvalue weighted by Crippen LogP contribution is -2.39. The molecule has 6 saturated carbocycles. The van der Waals surface area contributed by atoms with Crippen LogP contribution in [0.25, 0.3) is 0 Å². The summed E-state index contributed by atoms with van der Waals surface area (Å²) >= 11 is 0. The fourth-order valence-electron chi connectivity index (χ4n) is 16.7. The summed E-state index contributed by atoms with van der Waals surface area (Å²) in [5.41, 5.74) is -2.73. The quantitative estimate of drug-likeness (QED) is 0.0710. The van der Waals surface area contributed by atoms with Gasteiger partial charge in [0.2, 0.25) is 24.4 Å². The summed E-state index contributed by atoms with van der Waals surface area (Å²) < 4.78 is 68.6. The largest absolute Gasteiger partial charge is 0.469 e. The molecule has 0 spiro atoms. The van der Waals surface area contributed by atoms with Crippen LogP contribution >= 0.6 is 0 Å². The lowest BCUT2D eigenvalue weighted by atomic mass is 9.64. The van der Waals surface area contributed by atoms with Crippen LogP contribution in [-0.2, 0) is 110 Å². The van der Waals surface area contributed by atoms with Gasteiger partial charge in [-0.2, -0.15) is 0 Å². The van der Waals surface area contributed by atoms with Crippen LogP contribution in [0.2, 0.25) is 0 Å². The maximum Gasteiger partial charge on any atom is 0.350 e. The Kier molecular flexibility index (Phi) is 23.6. The highest BCUT2D eigenvalue weighted by Gasteiger charge is 2.69. The predicted molar refractivity (Wildman–Crippen MR) is 352 cm³/mol. The summed E-state index contributed by atoms with van der Waals surface area (Å²) in [7, 11) is 1.42. The molecule has 2 N–H and O–H groups in total. The third-order valence-corrected chi connectivity index (χ3v) is 24.8. The maximum atomic E-state index is 12.2. The van der Waals surface area contributed by atoms with Crippen LogP contribution in [0.1, 0.15) is 208 Å². The smallest absolute Gasteiger partial charge is 0.350 e. The Morgan fingerprint density at radius 2 is 0.950 bits per heavy atom. The number of esters is 10. The van der Waals surface area contributed by atoms with Crippen molar-refractivity contribution in [2.24, 2.45) is 92.2 Å². The minimum Gasteiger partial charge on any atom is -0.469 e. The first-order chi connectivity index (χ1) is 46.7. The van der Waals surface area contributed by atoms with E-state index < -0.39 is 100 Å². The Hall–Kier alpha value is -5.76. The molecule has 7 heterocycles. The Labute approximate surface area is 588 Å². The van der Waals surface area contributed by atoms with Crippen LogP contribution in [0.3, 0.4) is 0 Å². The van der Waals surface area contributed by atoms with Gasteiger partial charge < -0.3 is 71.8 Å². The number of hydrogen-bond donors (Lipinski definition) is 2. The van der Waals surface area contributed by atoms with Gasteiger partial charge in [0, 0.05) is 17.8 Å². The second kappa shape index (κ2) is 30.1. The molecule has 0 aromatic rings. The van der Waals surface area contributed by atoms with Crippen molar-refractivity contribution in [3.63, 3.8) is 0 Å². The first kappa shape index (κ1) is 78.4. The first-order valence-corrected chi connectivity index (χ1v) is 36.7. The molecule has 7 saturated heterocycles. The second-order valence-electron chi connectivity index (χ2n) is 33.5. The Bertz CT molecular complexity index is 3060. The number of methoxy groups -OCH3 is 1. The Morgan fingerprint density at radius 1 is 0.480 bits per heavy atom. The van der Waals surface area contributed by atoms with Crippen molar-refractivity contribution < 1.29 is 120 Å². The average Bonchev–Trinajstić information content (AvgIpc) is 1.53. The normalized spacial score (nSPS) is 38.0. The van der Waals surface area contributed by atoms with E-state index in [0.29, 0.717) is 43.9 Å². The van der Waals surface area contributed by atoms with Crippen molar-refractivity contribution in [3.05, 3.63) is 12.2 Å². The van der Waals surface area contributed by atoms with E-state index in [1.165, 1.54) is 32.8 Å². The van der Waals surface area contributed by atoms with E-state index in [4.69, 9.17) is 56.8 Å². The van der Waals surface area contributed by atoms with E-state index >= 15 is 0 Å². The lowest BCUT2D eigenvalue weighted by molar-refractivity contribution is -0.185. The van der Waals surface area contributed by atoms with Gasteiger partial charge >= 0.3 is 59.7 Å². The van der Waals surface area contributed by atoms with E-state index in [9.17, 15) is 58.2 Å². The predicted octanol–water partition coefficient (Wildman–Crippen LogP) is 8.72. The highest BCUT2D eigenvalue weighted by Crippen LogP contribution is 2.71. The fraction of sp³-hybridized carbons (Fsp3) is 0.840. The van der Waals surface area contributed by atoms with Crippen molar-refractivity contribution in [1.29, 1.82) is 0 Å². The zero-order valence-electron chi connectivity index (χ0n) is 61.9. The van der Waals surface area contributed by atoms with Gasteiger partial charge in [-0.1, -0.05) is 40.7 Å². The molecule has 100 heavy (non-hydrogen) atoms. The lowest BCUT2D eigenvalue weighted by Gasteiger charge is -2.38. The molecule has 4 bridgehead atoms. The summed E-state index contributed by atoms with van der Waals surface area (Å²) in [4.78, 5) is 118. The number of ether oxygens (including phenoxy) is 13. The van der Waals surface area contributed by atoms with Crippen molar-refractivity contribution in [2.45, 2.75) is 293 Å². The van der Waals surface area contributed by atoms with E-state index in [1.807, 2.05) is 116 Å². The van der Waals surface area contributed by atoms with Gasteiger partial charge in [0.25, 0.3) is 0 Å². The van der Waals surface area contributed by atoms with Crippen LogP contribution in [0.5, 0.6) is 0 Å². The van der Waals surface area contributed by atoms with Crippen LogP contribution in [0, 0.1) is 92.2 Å². The molecular weight excluding hydrogens is 1300 g/mol. The van der Waals surface area contributed by atoms with Gasteiger partial charge in [0.15, 0.2) is 18.2 Å². The second-order valence-corrected chi connectivity index (χ2v) is 33.5. The van der Waals surface area contributed by atoms with E-state index in [0.717, 1.165) is 74.2 Å². The molecule has 25 nitrogen and oxygen atoms in total. The molecule has 7 aliphatic carbocycles. The molecule has 562 valence electrons. The number of aliphatic hydroxyl groups is 2. The third kappa shape index (κ3) is 15.7. The number of allylic oxidation sites excluding steroid dienone is 1. The monoisotopic (exact) mass is 1410 g/mol. The Balaban J connectivity index is 0.000000142. The molecule has 25 heteroatoms. The van der Waals surface area contributed by atoms with Crippen molar-refractivity contribution in [2.75, 3.05) is 13.7 Å². The van der Waals surface area contributed by atoms with Gasteiger partial charge in [-0.05, 0) is 215 Å². The minimum absolute atomic E-state index is 0.0231. The third-order valence-electron chi connectivity index (χ3n) is 24.8. The van der Waals surface area contributed by atoms with Gasteiger partial charge in [-0.25, -0.2) is 19.2 Å². The van der Waals surface area contributed by atoms with Crippen LogP contribution in [-0.4, -0.2) is 169 Å². The summed E-state index contributed by atoms with van der Waals surface area (Å²) in [6.45, 7) is 32.1. The van der Waals surface area contributed by atoms with Gasteiger partial charge in [-0.15, -0.1) is 0 Å². The van der Waals surface area contributed by atoms with Crippen molar-refractivity contribution >= 4 is 59.7 Å². The summed E-state index contributed by atoms with van der Waals surface area (Å²) in [5, 5.41) is 18.9. The van der Waals surface area contributed by atoms with E-state index in [1.54, 1.807) is 13.8 Å². The highest BCUT2D eigenvalue weighted by molar-refractivity contribution is 5.86. The molecule has 24 atom stereocenters. The molecular formula is C75H112O25. The first-order valence-electron chi connectivity index (χ1n) is 36.7. The van der Waals surface area contributed by atoms with Crippen LogP contribution in [0.15, 0.2) is 12.2 Å². The van der Waals surface area contributed by atoms with Crippen LogP contribution < -0.4 is 0 Å². The molecule has 14 aliphatic rings. The molecule has 0 radical (unpaired) electrons. The fourth-order valence-corrected chi connectivity index (χ4v) is 16.7. The molecule has 24 unspecified atom stereocenters. The number of aliphatic hydroxyl groups excluding tert-OH is 2. The zero-order chi connectivity index (χ0) is 73.8. The molecule has 7 aliphatic heterocycles. The SMILES string of the molecule is CCC(C)(C)C(=O)OC.CCC(C)(C)C(=O)OC1C(=O)OC2C(O)C(O)OC12.CCC(C)(C)C(=O)OC1C(=O)OC2C1CC1OC(C)(C)OC12.CCC(C)(C)C(=O)OC1C(=O)OC2C=CCC21.CCC(C)(C)C(=O)OC1C(=O)OC2CCCC21.O=C1OCC2C3CC(C12)C1C2CCC(C2)C31. The Morgan fingerprint density at radius 3 is 1.48 bits per heavy atom. The van der Waals surface area contributed by atoms with Crippen LogP contribution in [0.4, 0.5) is 0 Å². The van der Waals surface area contributed by atoms with Gasteiger partial charge in [0.1, 0.15) is 36.6 Å². The number of hydrogen-bond acceptors (Lipinski definition) is 25. The van der Waals surface area contributed by atoms with Gasteiger partial charge in [-0.3, -0.25) is 28.8 Å². The van der Waals surface area contributed by atoms with E-state index in [2.05, 4.69) is 4.74 Å². The standard InChI is InChI=1S/C16H24O6.C14H18O2.C13H20O4.C13H18O4.C12H18O7.C7H14O2/c1-6-15(2,3)14(18)20-11-8-7-9-12(10(8)19-13(11)17)22-16(4,5)21-9;15-14-13-9-4-8(10(13)5-16-14)11-6-1-2-7(3-6)12(9)11;2*1-4-13(2,3)12(15)17-10-8-6-5-7-9(8)16-11(10)14;1-4-12(2,3)11(16)19-8-7-6(17-10(8)15)5(13)9(14)18-7;1-5-7(2,3)6(8)9-4/h8-12H,6-7H2,1-5H3;6-13H,1-5H2;8-10H,4-7H2,1-3H3;5,7-10H,4,6H2,1-3H3;5-9,13-14H,4H2,1-3H3;5H2,1-4H3. The van der Waals surface area contributed by atoms with Crippen molar-refractivity contribution in [3.8, 4) is 0 Å². The molecule has 0 aromatic heterocycles. The summed E-state index contributed by atoms with van der Waals surface area (Å²) in [6, 6.07) is 0. The van der Waals surface area contributed by atoms with Gasteiger partial charge in [0.05, 0.1) is 58.7 Å². The summed E-state index contributed by atoms with van der Waals surface area (Å²) in [6.07, 6.45) is 8.05. The molecule has 13 fully saturated rings. The molecule has 14 rings (SSSR count). The molecule has 0 amide bonds. The number of cyclic esters (lactones) is 1. The van der Waals surface area contributed by atoms with E-state index in [-0.39, 0.29) is 89.5 Å². The number of fused-ring (bicyclic) bond motifs is 18. The average molecular weight is 1410 g/mol. The highest BCUT2D eigenvalue weighted by atomic mass is 16.8. The maximum absolute atomic E-state index is 12.2. The zero-order valence-corrected chi connectivity index (χ0v) is 61.9. The minimum atomic E-state index is -1.44. The number of carbonyl (C=O) groups excluding carboxylic acids is 10. The summed E-state index contributed by atoms with van der Waals surface area (Å²) in [5.74, 6) is 2.17. The number of rotatable bonds is 14.